The molecule has 6 rings (SSSR count). The minimum Gasteiger partial charge on any atom is -0.399 e. The van der Waals surface area contributed by atoms with Crippen LogP contribution in [-0.4, -0.2) is 18.3 Å². The fraction of sp³-hybridized carbons (Fsp3) is 0.167. The molecule has 0 aromatic heterocycles. The number of rotatable bonds is 5. The molecule has 0 radical (unpaired) electrons. The number of hydrogen-bond donors (Lipinski definition) is 0. The van der Waals surface area contributed by atoms with Gasteiger partial charge in [-0.15, -0.1) is 0 Å². The molecule has 1 saturated heterocycles. The van der Waals surface area contributed by atoms with E-state index >= 15 is 0 Å². The Morgan fingerprint density at radius 1 is 0.359 bits per heavy atom. The third-order valence-electron chi connectivity index (χ3n) is 8.20. The Balaban J connectivity index is 1.14. The average Bonchev–Trinajstić information content (AvgIpc) is 3.20. The maximum atomic E-state index is 6.20. The van der Waals surface area contributed by atoms with Crippen molar-refractivity contribution in [1.29, 1.82) is 0 Å². The molecule has 0 bridgehead atoms. The fourth-order valence-corrected chi connectivity index (χ4v) is 5.01. The van der Waals surface area contributed by atoms with E-state index in [1.807, 2.05) is 6.07 Å². The molecule has 1 aliphatic rings. The predicted molar refractivity (Wildman–Crippen MR) is 164 cm³/mol. The molecule has 1 heterocycles. The molecular formula is C36H33BO2. The summed E-state index contributed by atoms with van der Waals surface area (Å²) in [5, 5.41) is 0. The van der Waals surface area contributed by atoms with E-state index in [0.717, 1.165) is 5.46 Å². The standard InChI is InChI=1S/C36H33BO2/c1-35(2)36(3,4)39-37(38-35)34-24-22-33(23-25-34)32-20-18-31(19-21-32)30-16-14-29(15-17-30)28-12-10-27(11-13-28)26-8-6-5-7-9-26/h5-25H,1-4H3. The van der Waals surface area contributed by atoms with Gasteiger partial charge in [0.2, 0.25) is 0 Å². The van der Waals surface area contributed by atoms with Crippen LogP contribution in [0.3, 0.4) is 0 Å². The lowest BCUT2D eigenvalue weighted by atomic mass is 9.78. The highest BCUT2D eigenvalue weighted by molar-refractivity contribution is 6.62. The van der Waals surface area contributed by atoms with Crippen LogP contribution >= 0.6 is 0 Å². The molecular weight excluding hydrogens is 475 g/mol. The van der Waals surface area contributed by atoms with Crippen molar-refractivity contribution in [3.63, 3.8) is 0 Å². The summed E-state index contributed by atoms with van der Waals surface area (Å²) in [7, 11) is -0.337. The molecule has 0 unspecified atom stereocenters. The molecule has 0 aliphatic carbocycles. The third kappa shape index (κ3) is 5.08. The molecule has 1 fully saturated rings. The Bertz CT molecular complexity index is 1540. The maximum absolute atomic E-state index is 6.20. The lowest BCUT2D eigenvalue weighted by Gasteiger charge is -2.32. The van der Waals surface area contributed by atoms with Crippen molar-refractivity contribution < 1.29 is 9.31 Å². The zero-order valence-corrected chi connectivity index (χ0v) is 23.0. The first kappa shape index (κ1) is 25.4. The zero-order valence-electron chi connectivity index (χ0n) is 23.0. The molecule has 39 heavy (non-hydrogen) atoms. The normalized spacial score (nSPS) is 15.8. The molecule has 192 valence electrons. The summed E-state index contributed by atoms with van der Waals surface area (Å²) in [4.78, 5) is 0. The highest BCUT2D eigenvalue weighted by atomic mass is 16.7. The minimum atomic E-state index is -0.337. The summed E-state index contributed by atoms with van der Waals surface area (Å²) in [5.41, 5.74) is 10.1. The van der Waals surface area contributed by atoms with E-state index < -0.39 is 0 Å². The average molecular weight is 508 g/mol. The highest BCUT2D eigenvalue weighted by Gasteiger charge is 2.51. The van der Waals surface area contributed by atoms with Crippen LogP contribution in [0.4, 0.5) is 0 Å². The van der Waals surface area contributed by atoms with E-state index in [-0.39, 0.29) is 18.3 Å². The van der Waals surface area contributed by atoms with Crippen molar-refractivity contribution in [1.82, 2.24) is 0 Å². The van der Waals surface area contributed by atoms with Crippen molar-refractivity contribution in [3.8, 4) is 44.5 Å². The van der Waals surface area contributed by atoms with Gasteiger partial charge in [0.15, 0.2) is 0 Å². The van der Waals surface area contributed by atoms with Crippen LogP contribution in [-0.2, 0) is 9.31 Å². The van der Waals surface area contributed by atoms with Gasteiger partial charge >= 0.3 is 7.12 Å². The zero-order chi connectivity index (χ0) is 27.0. The van der Waals surface area contributed by atoms with Gasteiger partial charge in [-0.25, -0.2) is 0 Å². The van der Waals surface area contributed by atoms with Gasteiger partial charge in [-0.1, -0.05) is 127 Å². The summed E-state index contributed by atoms with van der Waals surface area (Å²) in [6.07, 6.45) is 0. The molecule has 5 aromatic rings. The molecule has 5 aromatic carbocycles. The molecule has 2 nitrogen and oxygen atoms in total. The van der Waals surface area contributed by atoms with Crippen LogP contribution in [0.15, 0.2) is 127 Å². The Kier molecular flexibility index (Phi) is 6.50. The van der Waals surface area contributed by atoms with Crippen molar-refractivity contribution in [3.05, 3.63) is 127 Å². The Morgan fingerprint density at radius 2 is 0.615 bits per heavy atom. The van der Waals surface area contributed by atoms with E-state index in [2.05, 4.69) is 149 Å². The third-order valence-corrected chi connectivity index (χ3v) is 8.20. The van der Waals surface area contributed by atoms with Gasteiger partial charge in [0.05, 0.1) is 11.2 Å². The van der Waals surface area contributed by atoms with Gasteiger partial charge in [-0.05, 0) is 77.7 Å². The van der Waals surface area contributed by atoms with Crippen LogP contribution in [0.2, 0.25) is 0 Å². The topological polar surface area (TPSA) is 18.5 Å². The molecule has 1 aliphatic heterocycles. The molecule has 3 heteroatoms. The Labute approximate surface area is 232 Å². The van der Waals surface area contributed by atoms with Crippen molar-refractivity contribution >= 4 is 12.6 Å². The maximum Gasteiger partial charge on any atom is 0.494 e. The van der Waals surface area contributed by atoms with Crippen molar-refractivity contribution in [2.75, 3.05) is 0 Å². The number of benzene rings is 5. The molecule has 0 amide bonds. The minimum absolute atomic E-state index is 0.336. The lowest BCUT2D eigenvalue weighted by molar-refractivity contribution is 0.00578. The van der Waals surface area contributed by atoms with E-state index in [0.29, 0.717) is 0 Å². The molecule has 0 spiro atoms. The number of hydrogen-bond acceptors (Lipinski definition) is 2. The van der Waals surface area contributed by atoms with Gasteiger partial charge < -0.3 is 9.31 Å². The van der Waals surface area contributed by atoms with Gasteiger partial charge in [-0.2, -0.15) is 0 Å². The van der Waals surface area contributed by atoms with Gasteiger partial charge in [0.1, 0.15) is 0 Å². The fourth-order valence-electron chi connectivity index (χ4n) is 5.01. The second-order valence-electron chi connectivity index (χ2n) is 11.3. The Hall–Kier alpha value is -3.92. The monoisotopic (exact) mass is 508 g/mol. The van der Waals surface area contributed by atoms with Crippen LogP contribution < -0.4 is 5.46 Å². The SMILES string of the molecule is CC1(C)OB(c2ccc(-c3ccc(-c4ccc(-c5ccc(-c6ccccc6)cc5)cc4)cc3)cc2)OC1(C)C. The van der Waals surface area contributed by atoms with Crippen LogP contribution in [0.1, 0.15) is 27.7 Å². The smallest absolute Gasteiger partial charge is 0.399 e. The van der Waals surface area contributed by atoms with Gasteiger partial charge in [0.25, 0.3) is 0 Å². The van der Waals surface area contributed by atoms with Crippen molar-refractivity contribution in [2.24, 2.45) is 0 Å². The first-order valence-electron chi connectivity index (χ1n) is 13.6. The quantitative estimate of drug-likeness (QED) is 0.221. The summed E-state index contributed by atoms with van der Waals surface area (Å²) in [5.74, 6) is 0. The van der Waals surface area contributed by atoms with Gasteiger partial charge in [-0.3, -0.25) is 0 Å². The first-order chi connectivity index (χ1) is 18.8. The van der Waals surface area contributed by atoms with Gasteiger partial charge in [0, 0.05) is 0 Å². The first-order valence-corrected chi connectivity index (χ1v) is 13.6. The van der Waals surface area contributed by atoms with Crippen LogP contribution in [0, 0.1) is 0 Å². The molecule has 0 saturated carbocycles. The largest absolute Gasteiger partial charge is 0.494 e. The summed E-state index contributed by atoms with van der Waals surface area (Å²) < 4.78 is 12.4. The molecule has 0 N–H and O–H groups in total. The van der Waals surface area contributed by atoms with E-state index in [4.69, 9.17) is 9.31 Å². The van der Waals surface area contributed by atoms with Crippen LogP contribution in [0.25, 0.3) is 44.5 Å². The second-order valence-corrected chi connectivity index (χ2v) is 11.3. The van der Waals surface area contributed by atoms with Crippen LogP contribution in [0.5, 0.6) is 0 Å². The van der Waals surface area contributed by atoms with Crippen molar-refractivity contribution in [2.45, 2.75) is 38.9 Å². The summed E-state index contributed by atoms with van der Waals surface area (Å²) >= 11 is 0. The van der Waals surface area contributed by atoms with E-state index in [1.165, 1.54) is 44.5 Å². The molecule has 0 atom stereocenters. The summed E-state index contributed by atoms with van der Waals surface area (Å²) in [6, 6.07) is 45.4. The lowest BCUT2D eigenvalue weighted by Crippen LogP contribution is -2.41. The highest BCUT2D eigenvalue weighted by Crippen LogP contribution is 2.36. The van der Waals surface area contributed by atoms with E-state index in [1.54, 1.807) is 0 Å². The van der Waals surface area contributed by atoms with E-state index in [9.17, 15) is 0 Å². The summed E-state index contributed by atoms with van der Waals surface area (Å²) in [6.45, 7) is 8.33. The Morgan fingerprint density at radius 3 is 0.923 bits per heavy atom. The second kappa shape index (κ2) is 10.00. The predicted octanol–water partition coefficient (Wildman–Crippen LogP) is 8.65.